The minimum atomic E-state index is -0.436. The Kier molecular flexibility index (Phi) is 4.01. The van der Waals surface area contributed by atoms with Crippen LogP contribution < -0.4 is 5.69 Å². The zero-order chi connectivity index (χ0) is 15.5. The van der Waals surface area contributed by atoms with Crippen molar-refractivity contribution in [1.29, 1.82) is 0 Å². The van der Waals surface area contributed by atoms with Gasteiger partial charge in [0.2, 0.25) is 5.91 Å². The average molecular weight is 303 g/mol. The highest BCUT2D eigenvalue weighted by molar-refractivity contribution is 5.76. The van der Waals surface area contributed by atoms with Gasteiger partial charge in [0.05, 0.1) is 13.2 Å². The van der Waals surface area contributed by atoms with Crippen LogP contribution in [0.3, 0.4) is 0 Å². The second-order valence-electron chi connectivity index (χ2n) is 5.16. The van der Waals surface area contributed by atoms with E-state index in [1.54, 1.807) is 23.4 Å². The molecule has 1 N–H and O–H groups in total. The SMILES string of the molecule is Cc1cnc([C@H]2COCCN2C(=O)Cn2cccnc2=O)[nH]1. The van der Waals surface area contributed by atoms with Crippen LogP contribution in [-0.2, 0) is 16.1 Å². The first-order valence-corrected chi connectivity index (χ1v) is 7.05. The first-order chi connectivity index (χ1) is 10.6. The van der Waals surface area contributed by atoms with Gasteiger partial charge in [-0.25, -0.2) is 14.8 Å². The molecule has 1 aliphatic heterocycles. The van der Waals surface area contributed by atoms with E-state index in [1.165, 1.54) is 10.8 Å². The summed E-state index contributed by atoms with van der Waals surface area (Å²) in [5, 5.41) is 0. The number of carbonyl (C=O) groups excluding carboxylic acids is 1. The zero-order valence-corrected chi connectivity index (χ0v) is 12.2. The number of hydrogen-bond acceptors (Lipinski definition) is 5. The van der Waals surface area contributed by atoms with Gasteiger partial charge in [-0.05, 0) is 13.0 Å². The molecule has 0 unspecified atom stereocenters. The Morgan fingerprint density at radius 1 is 1.50 bits per heavy atom. The summed E-state index contributed by atoms with van der Waals surface area (Å²) in [6.07, 6.45) is 4.68. The normalized spacial score (nSPS) is 18.4. The molecule has 0 spiro atoms. The van der Waals surface area contributed by atoms with Crippen LogP contribution in [-0.4, -0.2) is 50.1 Å². The molecule has 1 atom stereocenters. The fourth-order valence-corrected chi connectivity index (χ4v) is 2.47. The molecule has 3 rings (SSSR count). The summed E-state index contributed by atoms with van der Waals surface area (Å²) in [6.45, 7) is 3.20. The van der Waals surface area contributed by atoms with E-state index in [1.807, 2.05) is 6.92 Å². The topological polar surface area (TPSA) is 93.1 Å². The summed E-state index contributed by atoms with van der Waals surface area (Å²) in [6, 6.07) is 1.36. The number of nitrogens with zero attached hydrogens (tertiary/aromatic N) is 4. The van der Waals surface area contributed by atoms with Crippen molar-refractivity contribution in [2.75, 3.05) is 19.8 Å². The Hall–Kier alpha value is -2.48. The Morgan fingerprint density at radius 2 is 2.36 bits per heavy atom. The van der Waals surface area contributed by atoms with E-state index in [9.17, 15) is 9.59 Å². The summed E-state index contributed by atoms with van der Waals surface area (Å²) in [7, 11) is 0. The van der Waals surface area contributed by atoms with Crippen molar-refractivity contribution in [3.63, 3.8) is 0 Å². The number of H-pyrrole nitrogens is 1. The van der Waals surface area contributed by atoms with E-state index in [0.29, 0.717) is 25.6 Å². The highest BCUT2D eigenvalue weighted by Crippen LogP contribution is 2.22. The molecule has 3 heterocycles. The lowest BCUT2D eigenvalue weighted by Crippen LogP contribution is -2.46. The number of carbonyl (C=O) groups is 1. The number of hydrogen-bond donors (Lipinski definition) is 1. The number of imidazole rings is 1. The third-order valence-corrected chi connectivity index (χ3v) is 3.58. The van der Waals surface area contributed by atoms with E-state index in [0.717, 1.165) is 5.69 Å². The van der Waals surface area contributed by atoms with Gasteiger partial charge in [0.1, 0.15) is 18.4 Å². The van der Waals surface area contributed by atoms with Gasteiger partial charge in [-0.1, -0.05) is 0 Å². The smallest absolute Gasteiger partial charge is 0.347 e. The summed E-state index contributed by atoms with van der Waals surface area (Å²) in [5.41, 5.74) is 0.492. The quantitative estimate of drug-likeness (QED) is 0.853. The fraction of sp³-hybridized carbons (Fsp3) is 0.429. The molecule has 116 valence electrons. The van der Waals surface area contributed by atoms with Crippen molar-refractivity contribution in [1.82, 2.24) is 24.4 Å². The van der Waals surface area contributed by atoms with Crippen LogP contribution in [0.25, 0.3) is 0 Å². The molecule has 2 aromatic heterocycles. The van der Waals surface area contributed by atoms with Crippen molar-refractivity contribution >= 4 is 5.91 Å². The predicted molar refractivity (Wildman–Crippen MR) is 77.1 cm³/mol. The van der Waals surface area contributed by atoms with Crippen molar-refractivity contribution in [3.8, 4) is 0 Å². The van der Waals surface area contributed by atoms with Gasteiger partial charge in [-0.2, -0.15) is 0 Å². The van der Waals surface area contributed by atoms with E-state index in [-0.39, 0.29) is 18.5 Å². The molecule has 0 aromatic carbocycles. The molecule has 8 heteroatoms. The highest BCUT2D eigenvalue weighted by atomic mass is 16.5. The van der Waals surface area contributed by atoms with Gasteiger partial charge in [-0.3, -0.25) is 9.36 Å². The van der Waals surface area contributed by atoms with Crippen LogP contribution in [0, 0.1) is 6.92 Å². The Balaban J connectivity index is 1.80. The molecule has 8 nitrogen and oxygen atoms in total. The molecular weight excluding hydrogens is 286 g/mol. The minimum absolute atomic E-state index is 0.0388. The zero-order valence-electron chi connectivity index (χ0n) is 12.2. The van der Waals surface area contributed by atoms with E-state index in [4.69, 9.17) is 4.74 Å². The lowest BCUT2D eigenvalue weighted by Gasteiger charge is -2.34. The van der Waals surface area contributed by atoms with Crippen LogP contribution >= 0.6 is 0 Å². The molecule has 2 aromatic rings. The second kappa shape index (κ2) is 6.10. The van der Waals surface area contributed by atoms with E-state index >= 15 is 0 Å². The Bertz CT molecular complexity index is 723. The number of rotatable bonds is 3. The number of ether oxygens (including phenoxy) is 1. The summed E-state index contributed by atoms with van der Waals surface area (Å²) in [5.74, 6) is 0.543. The van der Waals surface area contributed by atoms with Crippen LogP contribution in [0.1, 0.15) is 17.6 Å². The molecule has 1 fully saturated rings. The number of nitrogens with one attached hydrogen (secondary N) is 1. The third-order valence-electron chi connectivity index (χ3n) is 3.58. The molecule has 0 aliphatic carbocycles. The van der Waals surface area contributed by atoms with Crippen LogP contribution in [0.4, 0.5) is 0 Å². The van der Waals surface area contributed by atoms with Crippen molar-refractivity contribution in [2.45, 2.75) is 19.5 Å². The highest BCUT2D eigenvalue weighted by Gasteiger charge is 2.30. The maximum absolute atomic E-state index is 12.6. The molecule has 1 amide bonds. The molecule has 1 aliphatic rings. The number of aryl methyl sites for hydroxylation is 1. The summed E-state index contributed by atoms with van der Waals surface area (Å²) in [4.78, 5) is 37.0. The standard InChI is InChI=1S/C14H17N5O3/c1-10-7-16-13(17-10)11-9-22-6-5-19(11)12(20)8-18-4-2-3-15-14(18)21/h2-4,7,11H,5-6,8-9H2,1H3,(H,16,17)/t11-/m1/s1. The van der Waals surface area contributed by atoms with Crippen LogP contribution in [0.15, 0.2) is 29.5 Å². The summed E-state index contributed by atoms with van der Waals surface area (Å²) < 4.78 is 6.76. The van der Waals surface area contributed by atoms with Gasteiger partial charge in [0.25, 0.3) is 0 Å². The first-order valence-electron chi connectivity index (χ1n) is 7.05. The van der Waals surface area contributed by atoms with Crippen LogP contribution in [0.5, 0.6) is 0 Å². The lowest BCUT2D eigenvalue weighted by molar-refractivity contribution is -0.141. The van der Waals surface area contributed by atoms with Crippen molar-refractivity contribution < 1.29 is 9.53 Å². The van der Waals surface area contributed by atoms with Crippen molar-refractivity contribution in [3.05, 3.63) is 46.7 Å². The van der Waals surface area contributed by atoms with E-state index in [2.05, 4.69) is 15.0 Å². The van der Waals surface area contributed by atoms with Gasteiger partial charge < -0.3 is 14.6 Å². The van der Waals surface area contributed by atoms with Gasteiger partial charge >= 0.3 is 5.69 Å². The molecule has 22 heavy (non-hydrogen) atoms. The maximum atomic E-state index is 12.6. The number of amides is 1. The number of morpholine rings is 1. The van der Waals surface area contributed by atoms with Gasteiger partial charge in [0, 0.05) is 30.8 Å². The largest absolute Gasteiger partial charge is 0.377 e. The van der Waals surface area contributed by atoms with Crippen molar-refractivity contribution in [2.24, 2.45) is 0 Å². The van der Waals surface area contributed by atoms with Crippen LogP contribution in [0.2, 0.25) is 0 Å². The second-order valence-corrected chi connectivity index (χ2v) is 5.16. The minimum Gasteiger partial charge on any atom is -0.377 e. The lowest BCUT2D eigenvalue weighted by atomic mass is 10.2. The number of aromatic nitrogens is 4. The summed E-state index contributed by atoms with van der Waals surface area (Å²) >= 11 is 0. The maximum Gasteiger partial charge on any atom is 0.347 e. The fourth-order valence-electron chi connectivity index (χ4n) is 2.47. The number of aromatic amines is 1. The van der Waals surface area contributed by atoms with Gasteiger partial charge in [0.15, 0.2) is 0 Å². The molecule has 1 saturated heterocycles. The average Bonchev–Trinajstić information content (AvgIpc) is 2.96. The molecule has 0 bridgehead atoms. The molecule has 0 radical (unpaired) electrons. The Morgan fingerprint density at radius 3 is 3.09 bits per heavy atom. The first kappa shape index (κ1) is 14.5. The molecule has 0 saturated carbocycles. The monoisotopic (exact) mass is 303 g/mol. The van der Waals surface area contributed by atoms with Gasteiger partial charge in [-0.15, -0.1) is 0 Å². The third kappa shape index (κ3) is 2.91. The Labute approximate surface area is 126 Å². The molecular formula is C14H17N5O3. The predicted octanol–water partition coefficient (Wildman–Crippen LogP) is -0.125. The van der Waals surface area contributed by atoms with E-state index < -0.39 is 5.69 Å².